The Morgan fingerprint density at radius 2 is 1.95 bits per heavy atom. The first kappa shape index (κ1) is 17.7. The summed E-state index contributed by atoms with van der Waals surface area (Å²) in [6.45, 7) is 1.19. The van der Waals surface area contributed by atoms with Crippen molar-refractivity contribution in [1.82, 2.24) is 0 Å². The van der Waals surface area contributed by atoms with E-state index in [1.807, 2.05) is 0 Å². The fraction of sp³-hybridized carbons (Fsp3) is 1.00. The molecular formula is C12H24O8. The lowest BCUT2D eigenvalue weighted by atomic mass is 9.92. The summed E-state index contributed by atoms with van der Waals surface area (Å²) >= 11 is 0. The second-order valence-electron chi connectivity index (χ2n) is 5.00. The van der Waals surface area contributed by atoms with Crippen LogP contribution in [0.2, 0.25) is 0 Å². The molecule has 0 aromatic heterocycles. The average molecular weight is 296 g/mol. The predicted molar refractivity (Wildman–Crippen MR) is 66.8 cm³/mol. The summed E-state index contributed by atoms with van der Waals surface area (Å²) in [6.07, 6.45) is -6.32. The average Bonchev–Trinajstić information content (AvgIpc) is 2.43. The zero-order valence-corrected chi connectivity index (χ0v) is 11.7. The lowest BCUT2D eigenvalue weighted by Gasteiger charge is -2.45. The third-order valence-electron chi connectivity index (χ3n) is 3.40. The molecule has 0 unspecified atom stereocenters. The van der Waals surface area contributed by atoms with Crippen LogP contribution in [0.15, 0.2) is 0 Å². The van der Waals surface area contributed by atoms with Gasteiger partial charge in [-0.1, -0.05) is 0 Å². The van der Waals surface area contributed by atoms with E-state index in [2.05, 4.69) is 0 Å². The molecule has 5 N–H and O–H groups in total. The summed E-state index contributed by atoms with van der Waals surface area (Å²) in [7, 11) is 1.49. The van der Waals surface area contributed by atoms with Gasteiger partial charge in [-0.25, -0.2) is 0 Å². The molecule has 20 heavy (non-hydrogen) atoms. The Hall–Kier alpha value is -0.320. The number of aliphatic hydroxyl groups excluding tert-OH is 5. The lowest BCUT2D eigenvalue weighted by Crippen LogP contribution is -2.61. The first-order valence-electron chi connectivity index (χ1n) is 6.49. The van der Waals surface area contributed by atoms with Crippen LogP contribution in [0, 0.1) is 0 Å². The molecule has 0 saturated carbocycles. The van der Waals surface area contributed by atoms with E-state index < -0.39 is 42.9 Å². The topological polar surface area (TPSA) is 129 Å². The highest BCUT2D eigenvalue weighted by Crippen LogP contribution is 2.32. The highest BCUT2D eigenvalue weighted by Gasteiger charge is 2.49. The van der Waals surface area contributed by atoms with E-state index in [0.29, 0.717) is 0 Å². The van der Waals surface area contributed by atoms with Crippen LogP contribution in [0.1, 0.15) is 13.3 Å². The minimum atomic E-state index is -1.53. The molecule has 1 fully saturated rings. The van der Waals surface area contributed by atoms with E-state index in [0.717, 1.165) is 0 Å². The van der Waals surface area contributed by atoms with Gasteiger partial charge in [0.2, 0.25) is 0 Å². The smallest absolute Gasteiger partial charge is 0.194 e. The van der Waals surface area contributed by atoms with Crippen LogP contribution in [0.5, 0.6) is 0 Å². The third-order valence-corrected chi connectivity index (χ3v) is 3.40. The summed E-state index contributed by atoms with van der Waals surface area (Å²) in [5.74, 6) is -1.53. The van der Waals surface area contributed by atoms with Crippen molar-refractivity contribution in [3.63, 3.8) is 0 Å². The molecule has 0 radical (unpaired) electrons. The predicted octanol–water partition coefficient (Wildman–Crippen LogP) is -2.41. The van der Waals surface area contributed by atoms with Crippen molar-refractivity contribution in [1.29, 1.82) is 0 Å². The molecule has 0 bridgehead atoms. The van der Waals surface area contributed by atoms with Crippen molar-refractivity contribution in [2.24, 2.45) is 0 Å². The minimum absolute atomic E-state index is 0.0807. The molecule has 1 heterocycles. The van der Waals surface area contributed by atoms with Crippen LogP contribution in [0.4, 0.5) is 0 Å². The van der Waals surface area contributed by atoms with Gasteiger partial charge in [-0.05, 0) is 6.92 Å². The van der Waals surface area contributed by atoms with E-state index >= 15 is 0 Å². The summed E-state index contributed by atoms with van der Waals surface area (Å²) in [6, 6.07) is 0. The van der Waals surface area contributed by atoms with Crippen LogP contribution < -0.4 is 0 Å². The molecule has 8 heteroatoms. The molecule has 6 atom stereocenters. The van der Waals surface area contributed by atoms with Gasteiger partial charge in [-0.15, -0.1) is 0 Å². The van der Waals surface area contributed by atoms with Crippen molar-refractivity contribution in [3.05, 3.63) is 0 Å². The van der Waals surface area contributed by atoms with Crippen LogP contribution in [0.25, 0.3) is 0 Å². The summed E-state index contributed by atoms with van der Waals surface area (Å²) in [5.41, 5.74) is 0. The van der Waals surface area contributed by atoms with E-state index in [9.17, 15) is 20.4 Å². The van der Waals surface area contributed by atoms with Crippen molar-refractivity contribution in [3.8, 4) is 0 Å². The van der Waals surface area contributed by atoms with Gasteiger partial charge in [-0.2, -0.15) is 0 Å². The molecule has 1 aliphatic heterocycles. The van der Waals surface area contributed by atoms with Gasteiger partial charge in [0.25, 0.3) is 0 Å². The van der Waals surface area contributed by atoms with Gasteiger partial charge in [0.1, 0.15) is 18.3 Å². The Balaban J connectivity index is 2.73. The summed E-state index contributed by atoms with van der Waals surface area (Å²) < 4.78 is 15.7. The minimum Gasteiger partial charge on any atom is -0.394 e. The van der Waals surface area contributed by atoms with Crippen LogP contribution in [-0.4, -0.2) is 88.8 Å². The van der Waals surface area contributed by atoms with Gasteiger partial charge in [0.15, 0.2) is 5.79 Å². The van der Waals surface area contributed by atoms with Crippen LogP contribution >= 0.6 is 0 Å². The van der Waals surface area contributed by atoms with E-state index in [4.69, 9.17) is 19.3 Å². The number of hydrogen-bond acceptors (Lipinski definition) is 8. The zero-order chi connectivity index (χ0) is 15.3. The summed E-state index contributed by atoms with van der Waals surface area (Å²) in [4.78, 5) is 0. The van der Waals surface area contributed by atoms with Crippen molar-refractivity contribution in [2.75, 3.05) is 26.9 Å². The van der Waals surface area contributed by atoms with E-state index in [-0.39, 0.29) is 19.6 Å². The van der Waals surface area contributed by atoms with Crippen molar-refractivity contribution >= 4 is 0 Å². The molecule has 0 amide bonds. The van der Waals surface area contributed by atoms with Gasteiger partial charge >= 0.3 is 0 Å². The molecule has 0 aliphatic carbocycles. The molecule has 1 rings (SSSR count). The SMILES string of the molecule is COCCO[C@@]1(C)O[C@@H]([C@H](O)[C@@H](O)CO)C[C@H](O)[C@H]1O. The fourth-order valence-electron chi connectivity index (χ4n) is 2.15. The first-order chi connectivity index (χ1) is 9.35. The van der Waals surface area contributed by atoms with E-state index in [1.54, 1.807) is 0 Å². The lowest BCUT2D eigenvalue weighted by molar-refractivity contribution is -0.346. The largest absolute Gasteiger partial charge is 0.394 e. The molecule has 8 nitrogen and oxygen atoms in total. The second kappa shape index (κ2) is 7.62. The molecule has 0 spiro atoms. The Bertz CT molecular complexity index is 289. The maximum Gasteiger partial charge on any atom is 0.194 e. The van der Waals surface area contributed by atoms with E-state index in [1.165, 1.54) is 14.0 Å². The Morgan fingerprint density at radius 3 is 2.50 bits per heavy atom. The van der Waals surface area contributed by atoms with Gasteiger partial charge in [-0.3, -0.25) is 0 Å². The Labute approximate surface area is 117 Å². The molecule has 120 valence electrons. The fourth-order valence-corrected chi connectivity index (χ4v) is 2.15. The Kier molecular flexibility index (Phi) is 6.76. The first-order valence-corrected chi connectivity index (χ1v) is 6.49. The standard InChI is InChI=1S/C12H24O8/c1-12(19-4-3-18-2)11(17)7(14)5-9(20-12)10(16)8(15)6-13/h7-11,13-17H,3-6H2,1-2H3/t7-,8-,9+,10+,11+,12-/m0/s1. The number of ether oxygens (including phenoxy) is 3. The second-order valence-corrected chi connectivity index (χ2v) is 5.00. The van der Waals surface area contributed by atoms with Crippen molar-refractivity contribution in [2.45, 2.75) is 49.7 Å². The van der Waals surface area contributed by atoms with Gasteiger partial charge in [0.05, 0.1) is 32.0 Å². The number of aliphatic hydroxyl groups is 5. The van der Waals surface area contributed by atoms with Gasteiger partial charge < -0.3 is 39.7 Å². The quantitative estimate of drug-likeness (QED) is 0.329. The number of methoxy groups -OCH3 is 1. The molecule has 0 aromatic rings. The highest BCUT2D eigenvalue weighted by molar-refractivity contribution is 4.93. The van der Waals surface area contributed by atoms with Gasteiger partial charge in [0, 0.05) is 13.5 Å². The number of hydrogen-bond donors (Lipinski definition) is 5. The Morgan fingerprint density at radius 1 is 1.30 bits per heavy atom. The highest BCUT2D eigenvalue weighted by atomic mass is 16.7. The molecule has 1 aliphatic rings. The summed E-state index contributed by atoms with van der Waals surface area (Å²) in [5, 5.41) is 47.9. The maximum atomic E-state index is 9.96. The molecule has 1 saturated heterocycles. The number of rotatable bonds is 7. The monoisotopic (exact) mass is 296 g/mol. The van der Waals surface area contributed by atoms with Crippen LogP contribution in [-0.2, 0) is 14.2 Å². The normalized spacial score (nSPS) is 37.6. The molecular weight excluding hydrogens is 272 g/mol. The maximum absolute atomic E-state index is 9.96. The molecule has 0 aromatic carbocycles. The third kappa shape index (κ3) is 4.09. The van der Waals surface area contributed by atoms with Crippen molar-refractivity contribution < 1.29 is 39.7 Å². The zero-order valence-electron chi connectivity index (χ0n) is 11.7. The van der Waals surface area contributed by atoms with Crippen LogP contribution in [0.3, 0.4) is 0 Å².